The van der Waals surface area contributed by atoms with E-state index >= 15 is 0 Å². The molecular formula is C23H25N. The van der Waals surface area contributed by atoms with Gasteiger partial charge in [0, 0.05) is 6.20 Å². The minimum absolute atomic E-state index is 0.844. The van der Waals surface area contributed by atoms with E-state index < -0.39 is 0 Å². The van der Waals surface area contributed by atoms with Crippen LogP contribution in [0.25, 0.3) is 11.1 Å². The van der Waals surface area contributed by atoms with Gasteiger partial charge >= 0.3 is 0 Å². The Balaban J connectivity index is 2.94. The number of aromatic nitrogens is 1. The van der Waals surface area contributed by atoms with Crippen molar-refractivity contribution in [3.8, 4) is 0 Å². The second kappa shape index (κ2) is 10.7. The monoisotopic (exact) mass is 315 g/mol. The highest BCUT2D eigenvalue weighted by Crippen LogP contribution is 2.19. The van der Waals surface area contributed by atoms with Gasteiger partial charge in [-0.05, 0) is 48.3 Å². The zero-order chi connectivity index (χ0) is 17.8. The molecule has 0 amide bonds. The van der Waals surface area contributed by atoms with Crippen LogP contribution in [0.15, 0.2) is 104 Å². The van der Waals surface area contributed by atoms with Gasteiger partial charge in [0.1, 0.15) is 0 Å². The highest BCUT2D eigenvalue weighted by Gasteiger charge is 2.01. The number of allylic oxidation sites excluding steroid dienone is 13. The molecule has 1 aromatic rings. The average Bonchev–Trinajstić information content (AvgIpc) is 2.62. The van der Waals surface area contributed by atoms with Crippen LogP contribution in [0.4, 0.5) is 0 Å². The van der Waals surface area contributed by atoms with E-state index in [4.69, 9.17) is 0 Å². The van der Waals surface area contributed by atoms with Crippen LogP contribution in [-0.2, 0) is 0 Å². The van der Waals surface area contributed by atoms with Crippen LogP contribution < -0.4 is 0 Å². The van der Waals surface area contributed by atoms with Crippen molar-refractivity contribution in [3.63, 3.8) is 0 Å². The third kappa shape index (κ3) is 6.45. The van der Waals surface area contributed by atoms with Gasteiger partial charge in [-0.2, -0.15) is 0 Å². The number of hydrogen-bond donors (Lipinski definition) is 0. The predicted molar refractivity (Wildman–Crippen MR) is 108 cm³/mol. The summed E-state index contributed by atoms with van der Waals surface area (Å²) < 4.78 is 0. The molecule has 1 heterocycles. The van der Waals surface area contributed by atoms with Crippen LogP contribution >= 0.6 is 0 Å². The Labute approximate surface area is 146 Å². The summed E-state index contributed by atoms with van der Waals surface area (Å²) in [4.78, 5) is 4.38. The molecule has 1 rings (SSSR count). The van der Waals surface area contributed by atoms with Crippen molar-refractivity contribution in [2.45, 2.75) is 13.8 Å². The largest absolute Gasteiger partial charge is 0.256 e. The molecule has 1 aromatic heterocycles. The third-order valence-electron chi connectivity index (χ3n) is 3.25. The molecule has 24 heavy (non-hydrogen) atoms. The fourth-order valence-electron chi connectivity index (χ4n) is 1.87. The van der Waals surface area contributed by atoms with Gasteiger partial charge in [-0.25, -0.2) is 0 Å². The first-order valence-corrected chi connectivity index (χ1v) is 7.89. The van der Waals surface area contributed by atoms with Gasteiger partial charge in [-0.15, -0.1) is 0 Å². The lowest BCUT2D eigenvalue weighted by atomic mass is 10.0. The minimum Gasteiger partial charge on any atom is -0.256 e. The molecule has 0 radical (unpaired) electrons. The van der Waals surface area contributed by atoms with Gasteiger partial charge < -0.3 is 0 Å². The maximum absolute atomic E-state index is 4.38. The van der Waals surface area contributed by atoms with E-state index in [2.05, 4.69) is 24.7 Å². The first-order valence-electron chi connectivity index (χ1n) is 7.89. The van der Waals surface area contributed by atoms with E-state index in [0.717, 1.165) is 28.0 Å². The molecule has 0 aliphatic heterocycles. The van der Waals surface area contributed by atoms with Crippen molar-refractivity contribution >= 4 is 11.1 Å². The zero-order valence-electron chi connectivity index (χ0n) is 14.6. The Kier molecular flexibility index (Phi) is 8.55. The van der Waals surface area contributed by atoms with E-state index in [1.54, 1.807) is 6.20 Å². The Bertz CT molecular complexity index is 737. The molecule has 0 aliphatic carbocycles. The summed E-state index contributed by atoms with van der Waals surface area (Å²) in [6.07, 6.45) is 21.4. The van der Waals surface area contributed by atoms with Gasteiger partial charge in [0.2, 0.25) is 0 Å². The van der Waals surface area contributed by atoms with Crippen LogP contribution in [0.2, 0.25) is 0 Å². The van der Waals surface area contributed by atoms with Crippen molar-refractivity contribution in [3.05, 3.63) is 116 Å². The van der Waals surface area contributed by atoms with E-state index in [0.29, 0.717) is 0 Å². The topological polar surface area (TPSA) is 12.9 Å². The molecule has 0 bridgehead atoms. The Morgan fingerprint density at radius 2 is 1.71 bits per heavy atom. The molecule has 0 fully saturated rings. The van der Waals surface area contributed by atoms with Gasteiger partial charge in [-0.3, -0.25) is 4.98 Å². The van der Waals surface area contributed by atoms with Crippen LogP contribution in [-0.4, -0.2) is 4.98 Å². The van der Waals surface area contributed by atoms with E-state index in [1.165, 1.54) is 0 Å². The number of pyridine rings is 1. The van der Waals surface area contributed by atoms with Gasteiger partial charge in [0.05, 0.1) is 5.69 Å². The van der Waals surface area contributed by atoms with Crippen LogP contribution in [0, 0.1) is 0 Å². The molecule has 0 aliphatic rings. The first kappa shape index (κ1) is 19.1. The van der Waals surface area contributed by atoms with Gasteiger partial charge in [-0.1, -0.05) is 80.5 Å². The molecule has 0 spiro atoms. The van der Waals surface area contributed by atoms with Crippen molar-refractivity contribution < 1.29 is 0 Å². The smallest absolute Gasteiger partial charge is 0.0702 e. The van der Waals surface area contributed by atoms with Gasteiger partial charge in [0.15, 0.2) is 0 Å². The fraction of sp³-hybridized carbons (Fsp3) is 0.0870. The molecule has 0 N–H and O–H groups in total. The average molecular weight is 315 g/mol. The minimum atomic E-state index is 0.844. The quantitative estimate of drug-likeness (QED) is 0.500. The summed E-state index contributed by atoms with van der Waals surface area (Å²) in [5.74, 6) is 0. The predicted octanol–water partition coefficient (Wildman–Crippen LogP) is 6.49. The lowest BCUT2D eigenvalue weighted by Gasteiger charge is -2.04. The van der Waals surface area contributed by atoms with Crippen molar-refractivity contribution in [2.24, 2.45) is 0 Å². The van der Waals surface area contributed by atoms with Crippen molar-refractivity contribution in [1.29, 1.82) is 0 Å². The normalized spacial score (nSPS) is 12.7. The van der Waals surface area contributed by atoms with Crippen molar-refractivity contribution in [1.82, 2.24) is 4.98 Å². The summed E-state index contributed by atoms with van der Waals surface area (Å²) in [7, 11) is 0. The molecule has 0 aromatic carbocycles. The summed E-state index contributed by atoms with van der Waals surface area (Å²) in [6, 6.07) is 3.95. The van der Waals surface area contributed by atoms with Crippen LogP contribution in [0.5, 0.6) is 0 Å². The molecule has 1 nitrogen and oxygen atoms in total. The standard InChI is InChI=1S/C23H25N/c1-6-9-11-12-20(5)23-18-22(16-17-24-23)19(4)14-15-21(8-3)13-10-7-2/h6-18H,3-5H2,1-2H3/b9-6-,10-7+,12-11-,15-14-,21-13-. The van der Waals surface area contributed by atoms with E-state index in [-0.39, 0.29) is 0 Å². The highest BCUT2D eigenvalue weighted by molar-refractivity contribution is 5.77. The highest BCUT2D eigenvalue weighted by atomic mass is 14.7. The number of rotatable bonds is 8. The summed E-state index contributed by atoms with van der Waals surface area (Å²) >= 11 is 0. The molecular weight excluding hydrogens is 290 g/mol. The van der Waals surface area contributed by atoms with Crippen LogP contribution in [0.1, 0.15) is 25.1 Å². The summed E-state index contributed by atoms with van der Waals surface area (Å²) in [5.41, 5.74) is 4.67. The van der Waals surface area contributed by atoms with Crippen molar-refractivity contribution in [2.75, 3.05) is 0 Å². The van der Waals surface area contributed by atoms with Crippen LogP contribution in [0.3, 0.4) is 0 Å². The maximum Gasteiger partial charge on any atom is 0.0702 e. The lowest BCUT2D eigenvalue weighted by Crippen LogP contribution is -1.89. The molecule has 0 unspecified atom stereocenters. The summed E-state index contributed by atoms with van der Waals surface area (Å²) in [6.45, 7) is 16.0. The third-order valence-corrected chi connectivity index (χ3v) is 3.25. The Hall–Kier alpha value is -2.93. The fourth-order valence-corrected chi connectivity index (χ4v) is 1.87. The molecule has 0 saturated carbocycles. The van der Waals surface area contributed by atoms with Gasteiger partial charge in [0.25, 0.3) is 0 Å². The Morgan fingerprint density at radius 1 is 0.958 bits per heavy atom. The summed E-state index contributed by atoms with van der Waals surface area (Å²) in [5, 5.41) is 0. The molecule has 0 saturated heterocycles. The van der Waals surface area contributed by atoms with E-state index in [1.807, 2.05) is 86.7 Å². The molecule has 1 heteroatoms. The second-order valence-electron chi connectivity index (χ2n) is 5.10. The Morgan fingerprint density at radius 3 is 2.38 bits per heavy atom. The second-order valence-corrected chi connectivity index (χ2v) is 5.10. The first-order chi connectivity index (χ1) is 11.6. The number of hydrogen-bond acceptors (Lipinski definition) is 1. The SMILES string of the molecule is C=CC(/C=C\C(=C)c1ccnc(C(=C)/C=C\C=C/C)c1)=C/C=C/C. The molecule has 0 atom stereocenters. The number of nitrogens with zero attached hydrogens (tertiary/aromatic N) is 1. The van der Waals surface area contributed by atoms with E-state index in [9.17, 15) is 0 Å². The zero-order valence-corrected chi connectivity index (χ0v) is 14.6. The maximum atomic E-state index is 4.38. The molecule has 122 valence electrons. The lowest BCUT2D eigenvalue weighted by molar-refractivity contribution is 1.27.